The van der Waals surface area contributed by atoms with Gasteiger partial charge in [-0.05, 0) is 108 Å². The number of rotatable bonds is 14. The van der Waals surface area contributed by atoms with Crippen LogP contribution >= 0.6 is 11.8 Å². The van der Waals surface area contributed by atoms with Gasteiger partial charge in [-0.15, -0.1) is 0 Å². The molecule has 15 heteroatoms. The molecule has 0 amide bonds. The maximum absolute atomic E-state index is 14.4. The summed E-state index contributed by atoms with van der Waals surface area (Å²) >= 11 is 1.71. The quantitative estimate of drug-likeness (QED) is 0.138. The lowest BCUT2D eigenvalue weighted by Crippen LogP contribution is -2.51. The van der Waals surface area contributed by atoms with Crippen LogP contribution < -0.4 is 33.7 Å². The Morgan fingerprint density at radius 1 is 1.00 bits per heavy atom. The zero-order valence-corrected chi connectivity index (χ0v) is 36.7. The molecule has 0 aliphatic carbocycles. The Kier molecular flexibility index (Phi) is 14.1. The summed E-state index contributed by atoms with van der Waals surface area (Å²) in [7, 11) is 7.20. The van der Waals surface area contributed by atoms with Gasteiger partial charge in [-0.1, -0.05) is 6.07 Å². The SMILES string of the molecule is COc1cc2c(cc1O)CCN[C@H]2C(=O)OC[C@@H](c1c(C)c(OC(C)=O)c(C)c2c1OCO2)N1CCCc2cc(C)c(OC)c(OCC(C)O)c2[C@@H](N(C)C)C1CSC. The van der Waals surface area contributed by atoms with E-state index in [1.54, 1.807) is 37.9 Å². The minimum atomic E-state index is -0.810. The number of esters is 2. The van der Waals surface area contributed by atoms with Crippen LogP contribution in [0.25, 0.3) is 0 Å². The van der Waals surface area contributed by atoms with E-state index in [0.29, 0.717) is 82.7 Å². The van der Waals surface area contributed by atoms with Crippen molar-refractivity contribution >= 4 is 23.7 Å². The van der Waals surface area contributed by atoms with Gasteiger partial charge in [-0.25, -0.2) is 4.79 Å². The van der Waals surface area contributed by atoms with Gasteiger partial charge in [0.25, 0.3) is 0 Å². The van der Waals surface area contributed by atoms with Crippen LogP contribution in [0.1, 0.15) is 82.9 Å². The average molecular weight is 838 g/mol. The number of phenols is 1. The Balaban J connectivity index is 1.53. The normalized spacial score (nSPS) is 19.8. The number of nitrogens with one attached hydrogen (secondary N) is 1. The monoisotopic (exact) mass is 837 g/mol. The van der Waals surface area contributed by atoms with Crippen molar-refractivity contribution in [1.82, 2.24) is 15.1 Å². The predicted octanol–water partition coefficient (Wildman–Crippen LogP) is 5.50. The van der Waals surface area contributed by atoms with E-state index in [9.17, 15) is 19.8 Å². The molecule has 0 fully saturated rings. The fraction of sp³-hybridized carbons (Fsp3) is 0.545. The average Bonchev–Trinajstić information content (AvgIpc) is 3.67. The molecule has 3 aromatic carbocycles. The Morgan fingerprint density at radius 3 is 2.41 bits per heavy atom. The van der Waals surface area contributed by atoms with Gasteiger partial charge >= 0.3 is 11.9 Å². The van der Waals surface area contributed by atoms with Crippen molar-refractivity contribution in [2.75, 3.05) is 73.4 Å². The molecule has 5 atom stereocenters. The number of hydrogen-bond donors (Lipinski definition) is 3. The number of likely N-dealkylation sites (N-methyl/N-ethyl adjacent to an activating group) is 1. The van der Waals surface area contributed by atoms with Crippen molar-refractivity contribution in [1.29, 1.82) is 0 Å². The number of methoxy groups -OCH3 is 2. The van der Waals surface area contributed by atoms with Crippen LogP contribution in [0.3, 0.4) is 0 Å². The van der Waals surface area contributed by atoms with Gasteiger partial charge in [-0.3, -0.25) is 9.69 Å². The van der Waals surface area contributed by atoms with E-state index in [2.05, 4.69) is 27.4 Å². The van der Waals surface area contributed by atoms with Crippen molar-refractivity contribution in [3.63, 3.8) is 0 Å². The first-order valence-corrected chi connectivity index (χ1v) is 21.4. The molecule has 14 nitrogen and oxygen atoms in total. The maximum atomic E-state index is 14.4. The van der Waals surface area contributed by atoms with Gasteiger partial charge < -0.3 is 53.6 Å². The number of nitrogens with zero attached hydrogens (tertiary/aromatic N) is 2. The number of fused-ring (bicyclic) bond motifs is 3. The zero-order chi connectivity index (χ0) is 42.7. The number of hydrogen-bond acceptors (Lipinski definition) is 15. The van der Waals surface area contributed by atoms with Gasteiger partial charge in [0.1, 0.15) is 25.0 Å². The predicted molar refractivity (Wildman–Crippen MR) is 225 cm³/mol. The van der Waals surface area contributed by atoms with E-state index in [1.807, 2.05) is 34.9 Å². The van der Waals surface area contributed by atoms with Gasteiger partial charge in [-0.2, -0.15) is 11.8 Å². The summed E-state index contributed by atoms with van der Waals surface area (Å²) in [6, 6.07) is 3.60. The van der Waals surface area contributed by atoms with E-state index < -0.39 is 30.1 Å². The molecular formula is C44H59N3O11S. The summed E-state index contributed by atoms with van der Waals surface area (Å²) in [5.41, 5.74) is 6.59. The standard InChI is InChI=1S/C44H59N3O11S/c1-23-16-29-12-11-15-47(32(21-59-10)38(46(6)7)36(29)43(39(23)53-9)54-19-24(2)48)31(35-25(3)40(58-27(5)49)26(4)41-42(35)57-22-56-41)20-55-44(51)37-30-18-34(52-8)33(50)17-28(30)13-14-45-37/h16-18,24,31-32,37-38,45,48,50H,11-15,19-22H2,1-10H3/t24?,31-,32?,37+,38-/m0/s1. The Labute approximate surface area is 351 Å². The highest BCUT2D eigenvalue weighted by atomic mass is 32.2. The molecule has 59 heavy (non-hydrogen) atoms. The fourth-order valence-corrected chi connectivity index (χ4v) is 9.71. The molecule has 2 unspecified atom stereocenters. The summed E-state index contributed by atoms with van der Waals surface area (Å²) < 4.78 is 42.6. The fourth-order valence-electron chi connectivity index (χ4n) is 8.99. The molecule has 3 aliphatic heterocycles. The smallest absolute Gasteiger partial charge is 0.327 e. The van der Waals surface area contributed by atoms with Crippen molar-refractivity contribution in [2.24, 2.45) is 0 Å². The molecule has 3 aliphatic rings. The maximum Gasteiger partial charge on any atom is 0.327 e. The second kappa shape index (κ2) is 18.9. The molecule has 6 rings (SSSR count). The molecule has 322 valence electrons. The van der Waals surface area contributed by atoms with Crippen LogP contribution in [-0.2, 0) is 27.2 Å². The third-order valence-corrected chi connectivity index (χ3v) is 12.1. The zero-order valence-electron chi connectivity index (χ0n) is 35.9. The number of aryl methyl sites for hydroxylation is 2. The van der Waals surface area contributed by atoms with Crippen molar-refractivity contribution < 1.29 is 53.0 Å². The highest BCUT2D eigenvalue weighted by Crippen LogP contribution is 2.52. The first kappa shape index (κ1) is 44.2. The molecule has 0 saturated carbocycles. The molecule has 3 N–H and O–H groups in total. The minimum absolute atomic E-state index is 0.0102. The molecule has 3 heterocycles. The van der Waals surface area contributed by atoms with E-state index in [-0.39, 0.29) is 43.6 Å². The van der Waals surface area contributed by atoms with Crippen LogP contribution in [-0.4, -0.2) is 118 Å². The highest BCUT2D eigenvalue weighted by Gasteiger charge is 2.43. The van der Waals surface area contributed by atoms with Crippen molar-refractivity contribution in [3.8, 4) is 40.2 Å². The van der Waals surface area contributed by atoms with Gasteiger partial charge in [0.2, 0.25) is 6.79 Å². The first-order valence-electron chi connectivity index (χ1n) is 20.0. The lowest BCUT2D eigenvalue weighted by molar-refractivity contribution is -0.149. The van der Waals surface area contributed by atoms with E-state index >= 15 is 0 Å². The van der Waals surface area contributed by atoms with Gasteiger partial charge in [0.05, 0.1) is 32.4 Å². The topological polar surface area (TPSA) is 158 Å². The van der Waals surface area contributed by atoms with Gasteiger partial charge in [0.15, 0.2) is 34.5 Å². The van der Waals surface area contributed by atoms with Crippen molar-refractivity contribution in [3.05, 3.63) is 62.7 Å². The van der Waals surface area contributed by atoms with E-state index in [4.69, 9.17) is 33.2 Å². The molecular weight excluding hydrogens is 779 g/mol. The summed E-state index contributed by atoms with van der Waals surface area (Å²) in [5, 5.41) is 24.2. The number of carbonyl (C=O) groups is 2. The van der Waals surface area contributed by atoms with Crippen LogP contribution in [0.2, 0.25) is 0 Å². The minimum Gasteiger partial charge on any atom is -0.504 e. The summed E-state index contributed by atoms with van der Waals surface area (Å²) in [4.78, 5) is 31.5. The number of phenolic OH excluding ortho intramolecular Hbond substituents is 1. The summed E-state index contributed by atoms with van der Waals surface area (Å²) in [5.74, 6) is 2.57. The summed E-state index contributed by atoms with van der Waals surface area (Å²) in [6.45, 7) is 9.90. The number of ether oxygens (including phenoxy) is 7. The van der Waals surface area contributed by atoms with Crippen LogP contribution in [0.5, 0.6) is 40.2 Å². The van der Waals surface area contributed by atoms with E-state index in [0.717, 1.165) is 28.7 Å². The lowest BCUT2D eigenvalue weighted by Gasteiger charge is -2.46. The van der Waals surface area contributed by atoms with Crippen LogP contribution in [0, 0.1) is 20.8 Å². The van der Waals surface area contributed by atoms with Crippen LogP contribution in [0.4, 0.5) is 0 Å². The molecule has 0 spiro atoms. The number of benzene rings is 3. The van der Waals surface area contributed by atoms with E-state index in [1.165, 1.54) is 14.0 Å². The number of carbonyl (C=O) groups excluding carboxylic acids is 2. The molecule has 0 saturated heterocycles. The Bertz CT molecular complexity index is 2040. The van der Waals surface area contributed by atoms with Crippen LogP contribution in [0.15, 0.2) is 18.2 Å². The number of thioether (sulfide) groups is 1. The number of aromatic hydroxyl groups is 1. The number of aliphatic hydroxyl groups is 1. The first-order chi connectivity index (χ1) is 28.2. The third kappa shape index (κ3) is 8.90. The number of aliphatic hydroxyl groups excluding tert-OH is 1. The Morgan fingerprint density at radius 2 is 1.75 bits per heavy atom. The molecule has 0 aromatic heterocycles. The lowest BCUT2D eigenvalue weighted by atomic mass is 9.85. The highest BCUT2D eigenvalue weighted by molar-refractivity contribution is 7.98. The molecule has 0 bridgehead atoms. The molecule has 3 aromatic rings. The van der Waals surface area contributed by atoms with Gasteiger partial charge in [0, 0.05) is 47.5 Å². The van der Waals surface area contributed by atoms with Crippen molar-refractivity contribution in [2.45, 2.75) is 84.2 Å². The third-order valence-electron chi connectivity index (χ3n) is 11.4. The summed E-state index contributed by atoms with van der Waals surface area (Å²) in [6.07, 6.45) is 3.44. The Hall–Kier alpha value is -4.41. The second-order valence-electron chi connectivity index (χ2n) is 15.7. The largest absolute Gasteiger partial charge is 0.504 e. The second-order valence-corrected chi connectivity index (χ2v) is 16.6. The molecule has 0 radical (unpaired) electrons.